The largest absolute Gasteiger partial charge is 0.573 e. The molecule has 0 bridgehead atoms. The van der Waals surface area contributed by atoms with Crippen molar-refractivity contribution < 1.29 is 49.4 Å². The van der Waals surface area contributed by atoms with E-state index in [0.717, 1.165) is 24.3 Å². The molecule has 1 aromatic carbocycles. The van der Waals surface area contributed by atoms with Gasteiger partial charge in [0.1, 0.15) is 11.5 Å². The molecule has 7 nitrogen and oxygen atoms in total. The van der Waals surface area contributed by atoms with E-state index in [-0.39, 0.29) is 30.8 Å². The number of amides is 1. The monoisotopic (exact) mass is 540 g/mol. The quantitative estimate of drug-likeness (QED) is 0.547. The Morgan fingerprint density at radius 3 is 2.22 bits per heavy atom. The number of piperidine rings is 1. The Balaban J connectivity index is 1.74. The number of carbonyl (C=O) groups excluding carboxylic acids is 1. The number of pyridine rings is 1. The molecular weight excluding hydrogens is 518 g/mol. The summed E-state index contributed by atoms with van der Waals surface area (Å²) in [6, 6.07) is 4.47. The summed E-state index contributed by atoms with van der Waals surface area (Å²) >= 11 is 0. The molecule has 14 heteroatoms. The van der Waals surface area contributed by atoms with Crippen LogP contribution in [0.4, 0.5) is 26.3 Å². The van der Waals surface area contributed by atoms with E-state index in [2.05, 4.69) is 9.72 Å². The van der Waals surface area contributed by atoms with E-state index in [1.54, 1.807) is 0 Å². The van der Waals surface area contributed by atoms with Crippen LogP contribution in [0, 0.1) is 5.92 Å². The lowest BCUT2D eigenvalue weighted by Gasteiger charge is -2.40. The molecule has 1 aliphatic heterocycles. The Bertz CT molecular complexity index is 1240. The van der Waals surface area contributed by atoms with Crippen molar-refractivity contribution in [2.24, 2.45) is 5.92 Å². The van der Waals surface area contributed by atoms with Crippen molar-refractivity contribution in [3.8, 4) is 11.5 Å². The molecule has 198 valence electrons. The third-order valence-electron chi connectivity index (χ3n) is 6.20. The van der Waals surface area contributed by atoms with Crippen LogP contribution in [-0.2, 0) is 16.0 Å². The van der Waals surface area contributed by atoms with Crippen LogP contribution in [0.1, 0.15) is 42.7 Å². The SMILES string of the molecule is CC(C)(C1CCN(C(=O)c2ncc(C(F)(F)F)cc2O)CC1)S(=O)(=O)c1cccc(OC(F)(F)F)c1. The van der Waals surface area contributed by atoms with Gasteiger partial charge in [-0.25, -0.2) is 13.4 Å². The van der Waals surface area contributed by atoms with Gasteiger partial charge in [0.05, 0.1) is 15.2 Å². The van der Waals surface area contributed by atoms with E-state index in [0.29, 0.717) is 12.3 Å². The predicted molar refractivity (Wildman–Crippen MR) is 114 cm³/mol. The van der Waals surface area contributed by atoms with E-state index in [1.807, 2.05) is 0 Å². The molecule has 1 N–H and O–H groups in total. The number of aromatic hydroxyl groups is 1. The second-order valence-corrected chi connectivity index (χ2v) is 11.3. The molecule has 2 aromatic rings. The van der Waals surface area contributed by atoms with Gasteiger partial charge in [-0.05, 0) is 56.9 Å². The number of nitrogens with zero attached hydrogens (tertiary/aromatic N) is 2. The maximum Gasteiger partial charge on any atom is 0.573 e. The first kappa shape index (κ1) is 27.6. The second kappa shape index (κ2) is 9.45. The Morgan fingerprint density at radius 1 is 1.08 bits per heavy atom. The Labute approximate surface area is 202 Å². The minimum absolute atomic E-state index is 0.0296. The van der Waals surface area contributed by atoms with E-state index in [9.17, 15) is 44.7 Å². The van der Waals surface area contributed by atoms with Gasteiger partial charge >= 0.3 is 12.5 Å². The zero-order chi connectivity index (χ0) is 27.1. The Hall–Kier alpha value is -3.03. The molecule has 3 rings (SSSR count). The Kier molecular flexibility index (Phi) is 7.23. The lowest BCUT2D eigenvalue weighted by molar-refractivity contribution is -0.274. The zero-order valence-electron chi connectivity index (χ0n) is 19.0. The number of likely N-dealkylation sites (tertiary alicyclic amines) is 1. The minimum Gasteiger partial charge on any atom is -0.505 e. The number of ether oxygens (including phenoxy) is 1. The standard InChI is InChI=1S/C22H22F6N2O5S/c1-20(2,36(33,34)16-5-3-4-15(11-16)35-22(26,27)28)13-6-8-30(9-7-13)19(32)18-17(31)10-14(12-29-18)21(23,24)25/h3-5,10-13,31H,6-9H2,1-2H3. The summed E-state index contributed by atoms with van der Waals surface area (Å²) in [5, 5.41) is 9.89. The number of benzene rings is 1. The molecule has 0 unspecified atom stereocenters. The van der Waals surface area contributed by atoms with Crippen LogP contribution in [0.2, 0.25) is 0 Å². The van der Waals surface area contributed by atoms with Crippen molar-refractivity contribution >= 4 is 15.7 Å². The number of hydrogen-bond acceptors (Lipinski definition) is 6. The average molecular weight is 540 g/mol. The summed E-state index contributed by atoms with van der Waals surface area (Å²) in [7, 11) is -4.14. The van der Waals surface area contributed by atoms with E-state index < -0.39 is 61.7 Å². The maximum absolute atomic E-state index is 13.3. The van der Waals surface area contributed by atoms with Crippen LogP contribution in [0.25, 0.3) is 0 Å². The van der Waals surface area contributed by atoms with Crippen LogP contribution in [0.15, 0.2) is 41.4 Å². The first-order valence-corrected chi connectivity index (χ1v) is 12.1. The summed E-state index contributed by atoms with van der Waals surface area (Å²) < 4.78 is 105. The molecule has 1 saturated heterocycles. The van der Waals surface area contributed by atoms with E-state index >= 15 is 0 Å². The third-order valence-corrected chi connectivity index (χ3v) is 8.80. The Morgan fingerprint density at radius 2 is 1.69 bits per heavy atom. The molecule has 0 spiro atoms. The number of aromatic nitrogens is 1. The highest BCUT2D eigenvalue weighted by Gasteiger charge is 2.45. The van der Waals surface area contributed by atoms with E-state index in [1.165, 1.54) is 18.7 Å². The lowest BCUT2D eigenvalue weighted by Crippen LogP contribution is -2.47. The number of hydrogen-bond donors (Lipinski definition) is 1. The molecule has 1 aliphatic rings. The number of sulfone groups is 1. The molecule has 1 aromatic heterocycles. The van der Waals surface area contributed by atoms with Gasteiger partial charge in [-0.2, -0.15) is 13.2 Å². The normalized spacial score (nSPS) is 16.2. The van der Waals surface area contributed by atoms with Crippen LogP contribution < -0.4 is 4.74 Å². The maximum atomic E-state index is 13.3. The minimum atomic E-state index is -4.99. The zero-order valence-corrected chi connectivity index (χ0v) is 19.8. The molecule has 0 radical (unpaired) electrons. The van der Waals surface area contributed by atoms with Gasteiger partial charge < -0.3 is 14.7 Å². The lowest BCUT2D eigenvalue weighted by atomic mass is 9.85. The highest BCUT2D eigenvalue weighted by atomic mass is 32.2. The van der Waals surface area contributed by atoms with Crippen molar-refractivity contribution in [3.63, 3.8) is 0 Å². The fourth-order valence-electron chi connectivity index (χ4n) is 4.06. The molecule has 36 heavy (non-hydrogen) atoms. The van der Waals surface area contributed by atoms with Crippen molar-refractivity contribution in [1.82, 2.24) is 9.88 Å². The summed E-state index contributed by atoms with van der Waals surface area (Å²) in [6.07, 6.45) is -8.95. The fourth-order valence-corrected chi connectivity index (χ4v) is 5.87. The van der Waals surface area contributed by atoms with Gasteiger partial charge in [0.25, 0.3) is 5.91 Å². The van der Waals surface area contributed by atoms with Gasteiger partial charge in [0, 0.05) is 19.3 Å². The summed E-state index contributed by atoms with van der Waals surface area (Å²) in [4.78, 5) is 17.0. The summed E-state index contributed by atoms with van der Waals surface area (Å²) in [6.45, 7) is 2.93. The average Bonchev–Trinajstić information content (AvgIpc) is 2.77. The fraction of sp³-hybridized carbons (Fsp3) is 0.455. The first-order chi connectivity index (χ1) is 16.4. The van der Waals surface area contributed by atoms with Gasteiger partial charge in [0.2, 0.25) is 0 Å². The van der Waals surface area contributed by atoms with Crippen LogP contribution in [-0.4, -0.2) is 53.5 Å². The molecule has 2 heterocycles. The summed E-state index contributed by atoms with van der Waals surface area (Å²) in [5.41, 5.74) is -1.78. The molecule has 1 fully saturated rings. The third kappa shape index (κ3) is 5.68. The van der Waals surface area contributed by atoms with Gasteiger partial charge in [-0.15, -0.1) is 13.2 Å². The second-order valence-electron chi connectivity index (χ2n) is 8.79. The van der Waals surface area contributed by atoms with Gasteiger partial charge in [0.15, 0.2) is 15.5 Å². The van der Waals surface area contributed by atoms with Crippen molar-refractivity contribution in [2.45, 2.75) is 48.9 Å². The first-order valence-electron chi connectivity index (χ1n) is 10.6. The van der Waals surface area contributed by atoms with Crippen LogP contribution in [0.3, 0.4) is 0 Å². The van der Waals surface area contributed by atoms with Gasteiger partial charge in [-0.1, -0.05) is 6.07 Å². The molecule has 0 atom stereocenters. The van der Waals surface area contributed by atoms with Gasteiger partial charge in [-0.3, -0.25) is 4.79 Å². The smallest absolute Gasteiger partial charge is 0.505 e. The molecular formula is C22H22F6N2O5S. The molecule has 0 saturated carbocycles. The number of halogens is 6. The molecule has 0 aliphatic carbocycles. The number of carbonyl (C=O) groups is 1. The van der Waals surface area contributed by atoms with E-state index in [4.69, 9.17) is 0 Å². The predicted octanol–water partition coefficient (Wildman–Crippen LogP) is 4.81. The highest BCUT2D eigenvalue weighted by molar-refractivity contribution is 7.92. The summed E-state index contributed by atoms with van der Waals surface area (Å²) in [5.74, 6) is -2.92. The molecule has 1 amide bonds. The highest BCUT2D eigenvalue weighted by Crippen LogP contribution is 2.39. The van der Waals surface area contributed by atoms with Crippen molar-refractivity contribution in [3.05, 3.63) is 47.8 Å². The van der Waals surface area contributed by atoms with Crippen molar-refractivity contribution in [1.29, 1.82) is 0 Å². The topological polar surface area (TPSA) is 96.8 Å². The number of alkyl halides is 6. The number of rotatable bonds is 5. The van der Waals surface area contributed by atoms with Crippen molar-refractivity contribution in [2.75, 3.05) is 13.1 Å². The van der Waals surface area contributed by atoms with Crippen LogP contribution in [0.5, 0.6) is 11.5 Å². The van der Waals surface area contributed by atoms with Crippen LogP contribution >= 0.6 is 0 Å².